The fourth-order valence-electron chi connectivity index (χ4n) is 6.00. The quantitative estimate of drug-likeness (QED) is 0.459. The van der Waals surface area contributed by atoms with Crippen LogP contribution in [0.1, 0.15) is 83.6 Å². The maximum atomic E-state index is 13.4. The van der Waals surface area contributed by atoms with Crippen molar-refractivity contribution in [3.8, 4) is 17.0 Å². The Morgan fingerprint density at radius 3 is 2.65 bits per heavy atom. The van der Waals surface area contributed by atoms with Crippen molar-refractivity contribution in [3.63, 3.8) is 0 Å². The molecule has 10 heteroatoms. The first kappa shape index (κ1) is 21.2. The molecule has 1 aliphatic heterocycles. The molecule has 2 saturated carbocycles. The van der Waals surface area contributed by atoms with E-state index in [1.807, 2.05) is 29.9 Å². The molecule has 10 nitrogen and oxygen atoms in total. The van der Waals surface area contributed by atoms with Crippen molar-refractivity contribution >= 4 is 11.6 Å². The number of fused-ring (bicyclic) bond motifs is 9. The number of carbonyl (C=O) groups is 1. The number of nitrogens with two attached hydrogens (primary N) is 1. The van der Waals surface area contributed by atoms with Crippen LogP contribution in [0.3, 0.4) is 0 Å². The Morgan fingerprint density at radius 2 is 1.92 bits per heavy atom. The molecule has 0 radical (unpaired) electrons. The van der Waals surface area contributed by atoms with E-state index in [9.17, 15) is 4.79 Å². The number of rotatable bonds is 4. The lowest BCUT2D eigenvalue weighted by Gasteiger charge is -2.36. The van der Waals surface area contributed by atoms with Crippen LogP contribution in [0.4, 0.5) is 0 Å². The summed E-state index contributed by atoms with van der Waals surface area (Å²) in [6.45, 7) is 0. The molecule has 4 aromatic heterocycles. The second-order valence-electron chi connectivity index (χ2n) is 10.8. The first-order chi connectivity index (χ1) is 18.0. The van der Waals surface area contributed by atoms with Gasteiger partial charge in [0.1, 0.15) is 17.3 Å². The highest BCUT2D eigenvalue weighted by Crippen LogP contribution is 2.53. The summed E-state index contributed by atoms with van der Waals surface area (Å²) in [5, 5.41) is 4.89. The fraction of sp³-hybridized carbons (Fsp3) is 0.407. The van der Waals surface area contributed by atoms with E-state index in [1.165, 1.54) is 0 Å². The normalized spacial score (nSPS) is 23.4. The van der Waals surface area contributed by atoms with E-state index >= 15 is 0 Å². The lowest BCUT2D eigenvalue weighted by atomic mass is 9.77. The van der Waals surface area contributed by atoms with Crippen LogP contribution < -0.4 is 10.5 Å². The molecule has 0 aromatic carbocycles. The van der Waals surface area contributed by atoms with Gasteiger partial charge < -0.3 is 15.4 Å². The Labute approximate surface area is 212 Å². The van der Waals surface area contributed by atoms with E-state index in [1.54, 1.807) is 23.5 Å². The molecular formula is C27H26N8O2. The van der Waals surface area contributed by atoms with Crippen molar-refractivity contribution in [2.24, 2.45) is 5.73 Å². The van der Waals surface area contributed by atoms with E-state index in [0.717, 1.165) is 78.0 Å². The largest absolute Gasteiger partial charge is 0.490 e. The third-order valence-electron chi connectivity index (χ3n) is 8.42. The predicted molar refractivity (Wildman–Crippen MR) is 133 cm³/mol. The lowest BCUT2D eigenvalue weighted by Crippen LogP contribution is -2.44. The van der Waals surface area contributed by atoms with Gasteiger partial charge in [0.05, 0.1) is 29.1 Å². The van der Waals surface area contributed by atoms with E-state index in [2.05, 4.69) is 15.0 Å². The van der Waals surface area contributed by atoms with Gasteiger partial charge in [-0.15, -0.1) is 0 Å². The summed E-state index contributed by atoms with van der Waals surface area (Å²) in [6.07, 6.45) is 13.2. The average molecular weight is 495 g/mol. The van der Waals surface area contributed by atoms with Gasteiger partial charge in [-0.2, -0.15) is 5.10 Å². The van der Waals surface area contributed by atoms with Crippen molar-refractivity contribution in [2.45, 2.75) is 62.1 Å². The summed E-state index contributed by atoms with van der Waals surface area (Å²) >= 11 is 0. The van der Waals surface area contributed by atoms with Crippen molar-refractivity contribution in [1.82, 2.24) is 34.4 Å². The summed E-state index contributed by atoms with van der Waals surface area (Å²) < 4.78 is 8.09. The van der Waals surface area contributed by atoms with Crippen LogP contribution in [0.25, 0.3) is 16.9 Å². The predicted octanol–water partition coefficient (Wildman–Crippen LogP) is 3.12. The summed E-state index contributed by atoms with van der Waals surface area (Å²) in [5.41, 5.74) is 11.6. The van der Waals surface area contributed by atoms with Crippen molar-refractivity contribution < 1.29 is 9.53 Å². The summed E-state index contributed by atoms with van der Waals surface area (Å²) in [6, 6.07) is 3.66. The molecule has 2 atom stereocenters. The van der Waals surface area contributed by atoms with Crippen molar-refractivity contribution in [2.75, 3.05) is 7.05 Å². The van der Waals surface area contributed by atoms with Crippen LogP contribution in [0, 0.1) is 0 Å². The van der Waals surface area contributed by atoms with Gasteiger partial charge in [0.2, 0.25) is 0 Å². The molecule has 5 heterocycles. The Bertz CT molecular complexity index is 1590. The maximum Gasteiger partial charge on any atom is 0.273 e. The molecule has 3 aliphatic carbocycles. The fourth-order valence-corrected chi connectivity index (χ4v) is 6.00. The zero-order valence-corrected chi connectivity index (χ0v) is 20.5. The molecule has 4 aromatic rings. The second-order valence-corrected chi connectivity index (χ2v) is 10.8. The zero-order chi connectivity index (χ0) is 24.9. The van der Waals surface area contributed by atoms with Gasteiger partial charge in [0.25, 0.3) is 5.91 Å². The number of hydrogen-bond donors (Lipinski definition) is 1. The molecule has 37 heavy (non-hydrogen) atoms. The average Bonchev–Trinajstić information content (AvgIpc) is 3.55. The Hall–Kier alpha value is -3.92. The molecule has 2 fully saturated rings. The summed E-state index contributed by atoms with van der Waals surface area (Å²) in [5.74, 6) is 1.26. The van der Waals surface area contributed by atoms with Gasteiger partial charge in [-0.05, 0) is 50.7 Å². The van der Waals surface area contributed by atoms with E-state index in [0.29, 0.717) is 11.5 Å². The summed E-state index contributed by atoms with van der Waals surface area (Å²) in [4.78, 5) is 33.9. The number of carbonyl (C=O) groups excluding carboxylic acids is 1. The van der Waals surface area contributed by atoms with Gasteiger partial charge in [0.15, 0.2) is 5.65 Å². The van der Waals surface area contributed by atoms with Crippen LogP contribution in [-0.2, 0) is 5.54 Å². The minimum absolute atomic E-state index is 0.0825. The van der Waals surface area contributed by atoms with Crippen LogP contribution in [0.2, 0.25) is 0 Å². The van der Waals surface area contributed by atoms with E-state index in [4.69, 9.17) is 20.6 Å². The van der Waals surface area contributed by atoms with Gasteiger partial charge in [-0.1, -0.05) is 0 Å². The third-order valence-corrected chi connectivity index (χ3v) is 8.42. The Balaban J connectivity index is 1.26. The Kier molecular flexibility index (Phi) is 4.19. The first-order valence-corrected chi connectivity index (χ1v) is 12.9. The smallest absolute Gasteiger partial charge is 0.273 e. The molecule has 0 saturated heterocycles. The number of ether oxygens (including phenoxy) is 1. The van der Waals surface area contributed by atoms with Gasteiger partial charge in [-0.25, -0.2) is 19.5 Å². The SMILES string of the molecule is CN1C(=O)c2nccc(OC3CC3)c2C2CC1c1nn3ccc(-c4cnc(C5(N)CCC5)nc4)nc3c12. The number of amides is 1. The molecule has 0 spiro atoms. The molecule has 2 unspecified atom stereocenters. The highest BCUT2D eigenvalue weighted by Gasteiger charge is 2.47. The molecule has 4 aliphatic rings. The maximum absolute atomic E-state index is 13.4. The third kappa shape index (κ3) is 3.02. The van der Waals surface area contributed by atoms with E-state index < -0.39 is 5.54 Å². The molecule has 1 amide bonds. The van der Waals surface area contributed by atoms with Gasteiger partial charge in [-0.3, -0.25) is 9.78 Å². The minimum atomic E-state index is -0.399. The number of pyridine rings is 1. The zero-order valence-electron chi connectivity index (χ0n) is 20.5. The van der Waals surface area contributed by atoms with Gasteiger partial charge in [0, 0.05) is 54.4 Å². The van der Waals surface area contributed by atoms with Gasteiger partial charge >= 0.3 is 0 Å². The van der Waals surface area contributed by atoms with E-state index in [-0.39, 0.29) is 24.0 Å². The summed E-state index contributed by atoms with van der Waals surface area (Å²) in [7, 11) is 1.83. The van der Waals surface area contributed by atoms with Crippen LogP contribution in [-0.4, -0.2) is 53.5 Å². The van der Waals surface area contributed by atoms with Crippen LogP contribution in [0.5, 0.6) is 5.75 Å². The first-order valence-electron chi connectivity index (χ1n) is 12.9. The van der Waals surface area contributed by atoms with Crippen molar-refractivity contribution in [1.29, 1.82) is 0 Å². The highest BCUT2D eigenvalue weighted by molar-refractivity contribution is 5.96. The number of hydrogen-bond acceptors (Lipinski definition) is 8. The molecular weight excluding hydrogens is 468 g/mol. The minimum Gasteiger partial charge on any atom is -0.490 e. The molecule has 8 rings (SSSR count). The second kappa shape index (κ2) is 7.32. The van der Waals surface area contributed by atoms with Crippen LogP contribution >= 0.6 is 0 Å². The van der Waals surface area contributed by atoms with Crippen molar-refractivity contribution in [3.05, 3.63) is 65.3 Å². The topological polar surface area (TPSA) is 124 Å². The Morgan fingerprint density at radius 1 is 1.11 bits per heavy atom. The standard InChI is InChI=1S/C27H26N8O2/c1-34-18-11-16(20-19(37-15-3-4-15)5-9-29-23(20)25(34)36)21-22(18)33-35-10-6-17(32-24(21)35)14-12-30-26(31-13-14)27(28)7-2-8-27/h5-6,9-10,12-13,15-16,18H,2-4,7-8,11,28H2,1H3. The molecule has 186 valence electrons. The lowest BCUT2D eigenvalue weighted by molar-refractivity contribution is 0.0728. The van der Waals surface area contributed by atoms with Crippen LogP contribution in [0.15, 0.2) is 36.9 Å². The molecule has 2 N–H and O–H groups in total. The number of nitrogens with zero attached hydrogens (tertiary/aromatic N) is 7. The monoisotopic (exact) mass is 494 g/mol. The highest BCUT2D eigenvalue weighted by atomic mass is 16.5. The number of aromatic nitrogens is 6. The molecule has 2 bridgehead atoms.